The van der Waals surface area contributed by atoms with Gasteiger partial charge in [-0.2, -0.15) is 8.78 Å². The molecule has 0 saturated carbocycles. The number of sulfonamides is 1. The third kappa shape index (κ3) is 4.34. The van der Waals surface area contributed by atoms with Crippen molar-refractivity contribution in [2.75, 3.05) is 4.72 Å². The van der Waals surface area contributed by atoms with Crippen LogP contribution in [-0.2, 0) is 10.0 Å². The van der Waals surface area contributed by atoms with Gasteiger partial charge >= 0.3 is 6.55 Å². The lowest BCUT2D eigenvalue weighted by Gasteiger charge is -2.16. The minimum Gasteiger partial charge on any atom is -0.342 e. The van der Waals surface area contributed by atoms with Gasteiger partial charge < -0.3 is 5.32 Å². The molecular weight excluding hydrogens is 458 g/mol. The maximum absolute atomic E-state index is 13.6. The van der Waals surface area contributed by atoms with E-state index in [4.69, 9.17) is 0 Å². The summed E-state index contributed by atoms with van der Waals surface area (Å²) in [7, 11) is -3.70. The summed E-state index contributed by atoms with van der Waals surface area (Å²) in [6.07, 6.45) is 0. The minimum atomic E-state index is -3.70. The molecule has 0 bridgehead atoms. The molecule has 1 unspecified atom stereocenters. The highest BCUT2D eigenvalue weighted by atomic mass is 32.2. The molecule has 0 radical (unpaired) electrons. The molecular formula is C21H18F2N4O3S2. The van der Waals surface area contributed by atoms with Crippen molar-refractivity contribution in [2.24, 2.45) is 0 Å². The Bertz CT molecular complexity index is 1350. The second kappa shape index (κ2) is 8.67. The lowest BCUT2D eigenvalue weighted by Crippen LogP contribution is -2.28. The zero-order valence-corrected chi connectivity index (χ0v) is 18.3. The molecule has 0 aliphatic heterocycles. The maximum atomic E-state index is 13.6. The Balaban J connectivity index is 1.50. The average Bonchev–Trinajstić information content (AvgIpc) is 3.42. The largest absolute Gasteiger partial charge is 0.342 e. The lowest BCUT2D eigenvalue weighted by molar-refractivity contribution is 0.0688. The van der Waals surface area contributed by atoms with E-state index >= 15 is 0 Å². The highest BCUT2D eigenvalue weighted by Crippen LogP contribution is 2.27. The van der Waals surface area contributed by atoms with Gasteiger partial charge in [-0.3, -0.25) is 14.1 Å². The Morgan fingerprint density at radius 1 is 1.06 bits per heavy atom. The van der Waals surface area contributed by atoms with Crippen LogP contribution in [0.3, 0.4) is 0 Å². The van der Waals surface area contributed by atoms with E-state index in [2.05, 4.69) is 15.0 Å². The number of hydrogen-bond donors (Lipinski definition) is 2. The van der Waals surface area contributed by atoms with Gasteiger partial charge in [-0.15, -0.1) is 11.3 Å². The van der Waals surface area contributed by atoms with Crippen LogP contribution in [0.25, 0.3) is 11.0 Å². The Morgan fingerprint density at radius 3 is 2.44 bits per heavy atom. The zero-order chi connectivity index (χ0) is 22.9. The molecule has 11 heteroatoms. The van der Waals surface area contributed by atoms with E-state index in [0.29, 0.717) is 11.2 Å². The number of carbonyl (C=O) groups excluding carboxylic acids is 1. The number of carbonyl (C=O) groups is 1. The Kier molecular flexibility index (Phi) is 5.94. The molecule has 2 N–H and O–H groups in total. The molecule has 2 aromatic carbocycles. The van der Waals surface area contributed by atoms with E-state index in [1.54, 1.807) is 42.6 Å². The molecule has 32 heavy (non-hydrogen) atoms. The highest BCUT2D eigenvalue weighted by molar-refractivity contribution is 7.94. The number of benzene rings is 2. The van der Waals surface area contributed by atoms with Gasteiger partial charge in [0, 0.05) is 11.3 Å². The van der Waals surface area contributed by atoms with Crippen LogP contribution in [0, 0.1) is 0 Å². The number of imidazole rings is 1. The predicted molar refractivity (Wildman–Crippen MR) is 118 cm³/mol. The fourth-order valence-electron chi connectivity index (χ4n) is 3.23. The van der Waals surface area contributed by atoms with Crippen LogP contribution in [0.1, 0.15) is 35.7 Å². The van der Waals surface area contributed by atoms with Gasteiger partial charge in [0.25, 0.3) is 15.9 Å². The summed E-state index contributed by atoms with van der Waals surface area (Å²) in [5.74, 6) is -0.465. The van der Waals surface area contributed by atoms with Crippen molar-refractivity contribution >= 4 is 44.0 Å². The molecule has 7 nitrogen and oxygen atoms in total. The number of rotatable bonds is 7. The number of thiophene rings is 1. The third-order valence-corrected chi connectivity index (χ3v) is 7.49. The van der Waals surface area contributed by atoms with Crippen molar-refractivity contribution in [1.29, 1.82) is 0 Å². The van der Waals surface area contributed by atoms with Gasteiger partial charge in [-0.25, -0.2) is 13.4 Å². The standard InChI is InChI=1S/C21H18F2N4O3S2/c1-13(19-25-16-5-2-3-6-17(16)27(19)21(22)23)24-20(28)14-8-10-15(11-9-14)26-32(29,30)18-7-4-12-31-18/h2-13,21,26H,1H3,(H,24,28). The number of nitrogens with one attached hydrogen (secondary N) is 2. The molecule has 0 aliphatic rings. The van der Waals surface area contributed by atoms with Crippen molar-refractivity contribution in [3.8, 4) is 0 Å². The van der Waals surface area contributed by atoms with Crippen molar-refractivity contribution < 1.29 is 22.0 Å². The molecule has 2 aromatic heterocycles. The van der Waals surface area contributed by atoms with Gasteiger partial charge in [-0.05, 0) is 54.8 Å². The molecule has 0 spiro atoms. The molecule has 0 fully saturated rings. The number of anilines is 1. The van der Waals surface area contributed by atoms with Gasteiger partial charge in [0.05, 0.1) is 17.1 Å². The first-order valence-corrected chi connectivity index (χ1v) is 11.8. The minimum absolute atomic E-state index is 0.0369. The predicted octanol–water partition coefficient (Wildman–Crippen LogP) is 4.78. The van der Waals surface area contributed by atoms with Gasteiger partial charge in [0.2, 0.25) is 0 Å². The Morgan fingerprint density at radius 2 is 1.78 bits per heavy atom. The first-order valence-electron chi connectivity index (χ1n) is 9.48. The van der Waals surface area contributed by atoms with Crippen LogP contribution < -0.4 is 10.0 Å². The molecule has 2 heterocycles. The van der Waals surface area contributed by atoms with Crippen molar-refractivity contribution in [3.63, 3.8) is 0 Å². The third-order valence-electron chi connectivity index (χ3n) is 4.71. The number of para-hydroxylation sites is 2. The second-order valence-electron chi connectivity index (χ2n) is 6.92. The van der Waals surface area contributed by atoms with Gasteiger partial charge in [0.15, 0.2) is 0 Å². The number of nitrogens with zero attached hydrogens (tertiary/aromatic N) is 2. The molecule has 0 saturated heterocycles. The maximum Gasteiger partial charge on any atom is 0.320 e. The fourth-order valence-corrected chi connectivity index (χ4v) is 5.28. The van der Waals surface area contributed by atoms with Crippen LogP contribution in [0.15, 0.2) is 70.3 Å². The first kappa shape index (κ1) is 21.9. The van der Waals surface area contributed by atoms with Gasteiger partial charge in [0.1, 0.15) is 10.0 Å². The van der Waals surface area contributed by atoms with E-state index in [9.17, 15) is 22.0 Å². The van der Waals surface area contributed by atoms with E-state index in [1.165, 1.54) is 30.3 Å². The topological polar surface area (TPSA) is 93.1 Å². The SMILES string of the molecule is CC(NC(=O)c1ccc(NS(=O)(=O)c2cccs2)cc1)c1nc2ccccc2n1C(F)F. The monoisotopic (exact) mass is 476 g/mol. The van der Waals surface area contributed by atoms with Crippen LogP contribution in [0.4, 0.5) is 14.5 Å². The summed E-state index contributed by atoms with van der Waals surface area (Å²) in [6, 6.07) is 14.7. The summed E-state index contributed by atoms with van der Waals surface area (Å²) in [4.78, 5) is 16.9. The molecule has 0 aliphatic carbocycles. The summed E-state index contributed by atoms with van der Waals surface area (Å²) >= 11 is 1.09. The van der Waals surface area contributed by atoms with Crippen molar-refractivity contribution in [2.45, 2.75) is 23.7 Å². The number of aromatic nitrogens is 2. The number of fused-ring (bicyclic) bond motifs is 1. The summed E-state index contributed by atoms with van der Waals surface area (Å²) in [6.45, 7) is -1.24. The van der Waals surface area contributed by atoms with Crippen LogP contribution in [-0.4, -0.2) is 23.9 Å². The molecule has 166 valence electrons. The fraction of sp³-hybridized carbons (Fsp3) is 0.143. The molecule has 4 aromatic rings. The molecule has 1 amide bonds. The normalized spacial score (nSPS) is 12.8. The van der Waals surface area contributed by atoms with Crippen molar-refractivity contribution in [3.05, 3.63) is 77.4 Å². The number of halogens is 2. The average molecular weight is 477 g/mol. The Labute approximate surface area is 186 Å². The number of alkyl halides is 2. The summed E-state index contributed by atoms with van der Waals surface area (Å²) in [5.41, 5.74) is 1.23. The van der Waals surface area contributed by atoms with Crippen LogP contribution in [0.2, 0.25) is 0 Å². The number of amides is 1. The highest BCUT2D eigenvalue weighted by Gasteiger charge is 2.23. The lowest BCUT2D eigenvalue weighted by atomic mass is 10.2. The number of hydrogen-bond acceptors (Lipinski definition) is 5. The van der Waals surface area contributed by atoms with E-state index in [1.807, 2.05) is 0 Å². The first-order chi connectivity index (χ1) is 15.3. The van der Waals surface area contributed by atoms with Crippen LogP contribution >= 0.6 is 11.3 Å². The quantitative estimate of drug-likeness (QED) is 0.401. The van der Waals surface area contributed by atoms with E-state index in [0.717, 1.165) is 15.9 Å². The smallest absolute Gasteiger partial charge is 0.320 e. The van der Waals surface area contributed by atoms with Crippen LogP contribution in [0.5, 0.6) is 0 Å². The molecule has 1 atom stereocenters. The van der Waals surface area contributed by atoms with Gasteiger partial charge in [-0.1, -0.05) is 18.2 Å². The van der Waals surface area contributed by atoms with E-state index in [-0.39, 0.29) is 21.1 Å². The second-order valence-corrected chi connectivity index (χ2v) is 9.77. The van der Waals surface area contributed by atoms with Crippen molar-refractivity contribution in [1.82, 2.24) is 14.9 Å². The summed E-state index contributed by atoms with van der Waals surface area (Å²) in [5, 5.41) is 4.32. The molecule has 4 rings (SSSR count). The Hall–Kier alpha value is -3.31. The van der Waals surface area contributed by atoms with E-state index < -0.39 is 28.5 Å². The zero-order valence-electron chi connectivity index (χ0n) is 16.7. The summed E-state index contributed by atoms with van der Waals surface area (Å²) < 4.78 is 55.3.